The molecule has 0 aromatic carbocycles. The Morgan fingerprint density at radius 2 is 2.09 bits per heavy atom. The summed E-state index contributed by atoms with van der Waals surface area (Å²) in [6.45, 7) is 6.73. The van der Waals surface area contributed by atoms with Crippen LogP contribution in [0.15, 0.2) is 12.4 Å². The third-order valence-electron chi connectivity index (χ3n) is 3.37. The van der Waals surface area contributed by atoms with E-state index in [-0.39, 0.29) is 6.04 Å². The molecule has 22 heavy (non-hydrogen) atoms. The van der Waals surface area contributed by atoms with E-state index >= 15 is 0 Å². The van der Waals surface area contributed by atoms with E-state index in [0.717, 1.165) is 38.2 Å². The summed E-state index contributed by atoms with van der Waals surface area (Å²) >= 11 is 0. The molecule has 1 amide bonds. The number of hydrogen-bond acceptors (Lipinski definition) is 5. The summed E-state index contributed by atoms with van der Waals surface area (Å²) in [6.07, 6.45) is 4.93. The van der Waals surface area contributed by atoms with Crippen molar-refractivity contribution in [2.24, 2.45) is 0 Å². The van der Waals surface area contributed by atoms with Crippen molar-refractivity contribution in [3.05, 3.63) is 18.2 Å². The largest absolute Gasteiger partial charge is 0.444 e. The molecule has 0 saturated carbocycles. The fourth-order valence-corrected chi connectivity index (χ4v) is 2.45. The molecule has 1 N–H and O–H groups in total. The molecule has 1 aromatic heterocycles. The van der Waals surface area contributed by atoms with Crippen LogP contribution in [0.1, 0.15) is 40.0 Å². The zero-order chi connectivity index (χ0) is 16.2. The van der Waals surface area contributed by atoms with Crippen LogP contribution in [-0.4, -0.2) is 40.8 Å². The molecule has 0 unspecified atom stereocenters. The molecule has 1 saturated heterocycles. The van der Waals surface area contributed by atoms with Crippen molar-refractivity contribution in [3.8, 4) is 0 Å². The van der Waals surface area contributed by atoms with Crippen LogP contribution in [0.2, 0.25) is 0 Å². The maximum atomic E-state index is 12.9. The number of alkyl carbamates (subject to hydrolysis) is 1. The molecule has 7 heteroatoms. The number of hydrogen-bond donors (Lipinski definition) is 1. The van der Waals surface area contributed by atoms with E-state index in [2.05, 4.69) is 15.3 Å². The van der Waals surface area contributed by atoms with E-state index in [0.29, 0.717) is 12.5 Å². The standard InChI is InChI=1S/C15H23FN4O2/c1-15(2,3)22-14(21)19-10-12-6-4-5-7-20(12)13-17-8-11(16)9-18-13/h8-9,12H,4-7,10H2,1-3H3,(H,19,21)/t12-/m0/s1. The highest BCUT2D eigenvalue weighted by Gasteiger charge is 2.26. The molecule has 1 fully saturated rings. The van der Waals surface area contributed by atoms with Gasteiger partial charge in [-0.05, 0) is 40.0 Å². The molecule has 0 bridgehead atoms. The summed E-state index contributed by atoms with van der Waals surface area (Å²) in [5.41, 5.74) is -0.517. The predicted octanol–water partition coefficient (Wildman–Crippen LogP) is 2.50. The Labute approximate surface area is 130 Å². The number of carbonyl (C=O) groups excluding carboxylic acids is 1. The first-order chi connectivity index (χ1) is 10.3. The van der Waals surface area contributed by atoms with E-state index in [9.17, 15) is 9.18 Å². The number of halogens is 1. The molecule has 1 aliphatic rings. The van der Waals surface area contributed by atoms with Gasteiger partial charge in [0.25, 0.3) is 0 Å². The smallest absolute Gasteiger partial charge is 0.407 e. The third-order valence-corrected chi connectivity index (χ3v) is 3.37. The summed E-state index contributed by atoms with van der Waals surface area (Å²) in [6, 6.07) is 0.0896. The van der Waals surface area contributed by atoms with Gasteiger partial charge in [-0.1, -0.05) is 0 Å². The van der Waals surface area contributed by atoms with Crippen LogP contribution in [0.3, 0.4) is 0 Å². The zero-order valence-electron chi connectivity index (χ0n) is 13.3. The highest BCUT2D eigenvalue weighted by Crippen LogP contribution is 2.21. The number of piperidine rings is 1. The Bertz CT molecular complexity index is 501. The lowest BCUT2D eigenvalue weighted by Crippen LogP contribution is -2.48. The van der Waals surface area contributed by atoms with Crippen LogP contribution >= 0.6 is 0 Å². The lowest BCUT2D eigenvalue weighted by Gasteiger charge is -2.35. The van der Waals surface area contributed by atoms with Crippen LogP contribution in [0, 0.1) is 5.82 Å². The van der Waals surface area contributed by atoms with Gasteiger partial charge in [-0.15, -0.1) is 0 Å². The second kappa shape index (κ2) is 6.89. The highest BCUT2D eigenvalue weighted by atomic mass is 19.1. The van der Waals surface area contributed by atoms with Crippen molar-refractivity contribution in [2.45, 2.75) is 51.7 Å². The molecule has 6 nitrogen and oxygen atoms in total. The molecular weight excluding hydrogens is 287 g/mol. The Morgan fingerprint density at radius 3 is 2.73 bits per heavy atom. The van der Waals surface area contributed by atoms with Gasteiger partial charge in [0, 0.05) is 19.1 Å². The van der Waals surface area contributed by atoms with Gasteiger partial charge >= 0.3 is 6.09 Å². The second-order valence-electron chi connectivity index (χ2n) is 6.43. The van der Waals surface area contributed by atoms with E-state index < -0.39 is 17.5 Å². The highest BCUT2D eigenvalue weighted by molar-refractivity contribution is 5.67. The second-order valence-corrected chi connectivity index (χ2v) is 6.43. The monoisotopic (exact) mass is 310 g/mol. The van der Waals surface area contributed by atoms with Gasteiger partial charge in [-0.3, -0.25) is 0 Å². The zero-order valence-corrected chi connectivity index (χ0v) is 13.3. The Morgan fingerprint density at radius 1 is 1.41 bits per heavy atom. The Hall–Kier alpha value is -1.92. The van der Waals surface area contributed by atoms with E-state index in [1.54, 1.807) is 0 Å². The van der Waals surface area contributed by atoms with E-state index in [1.165, 1.54) is 0 Å². The van der Waals surface area contributed by atoms with Crippen LogP contribution in [0.4, 0.5) is 15.1 Å². The van der Waals surface area contributed by atoms with Crippen molar-refractivity contribution >= 4 is 12.0 Å². The number of carbonyl (C=O) groups is 1. The third kappa shape index (κ3) is 4.82. The van der Waals surface area contributed by atoms with Gasteiger partial charge in [-0.25, -0.2) is 19.2 Å². The number of anilines is 1. The minimum Gasteiger partial charge on any atom is -0.444 e. The molecule has 0 aliphatic carbocycles. The number of amides is 1. The van der Waals surface area contributed by atoms with E-state index in [1.807, 2.05) is 25.7 Å². The van der Waals surface area contributed by atoms with Crippen LogP contribution in [-0.2, 0) is 4.74 Å². The molecule has 2 heterocycles. The molecular formula is C15H23FN4O2. The minimum absolute atomic E-state index is 0.0896. The van der Waals surface area contributed by atoms with Gasteiger partial charge in [0.05, 0.1) is 12.4 Å². The molecule has 2 rings (SSSR count). The van der Waals surface area contributed by atoms with Crippen LogP contribution in [0.25, 0.3) is 0 Å². The Kier molecular flexibility index (Phi) is 5.15. The fourth-order valence-electron chi connectivity index (χ4n) is 2.45. The minimum atomic E-state index is -0.517. The average molecular weight is 310 g/mol. The van der Waals surface area contributed by atoms with Crippen molar-refractivity contribution in [1.29, 1.82) is 0 Å². The molecule has 1 aliphatic heterocycles. The summed E-state index contributed by atoms with van der Waals surface area (Å²) in [5, 5.41) is 2.79. The quantitative estimate of drug-likeness (QED) is 0.929. The topological polar surface area (TPSA) is 67.3 Å². The normalized spacial score (nSPS) is 18.9. The first kappa shape index (κ1) is 16.5. The molecule has 1 aromatic rings. The number of nitrogens with one attached hydrogen (secondary N) is 1. The van der Waals surface area contributed by atoms with Crippen molar-refractivity contribution < 1.29 is 13.9 Å². The number of ether oxygens (including phenoxy) is 1. The van der Waals surface area contributed by atoms with Gasteiger partial charge in [-0.2, -0.15) is 0 Å². The van der Waals surface area contributed by atoms with Gasteiger partial charge in [0.1, 0.15) is 5.60 Å². The summed E-state index contributed by atoms with van der Waals surface area (Å²) in [5.74, 6) is 0.0429. The number of rotatable bonds is 3. The molecule has 1 atom stereocenters. The van der Waals surface area contributed by atoms with Gasteiger partial charge in [0.2, 0.25) is 5.95 Å². The molecule has 122 valence electrons. The van der Waals surface area contributed by atoms with Crippen LogP contribution in [0.5, 0.6) is 0 Å². The number of nitrogens with zero attached hydrogens (tertiary/aromatic N) is 3. The summed E-state index contributed by atoms with van der Waals surface area (Å²) < 4.78 is 18.2. The number of aromatic nitrogens is 2. The predicted molar refractivity (Wildman–Crippen MR) is 81.2 cm³/mol. The maximum absolute atomic E-state index is 12.9. The van der Waals surface area contributed by atoms with Crippen molar-refractivity contribution in [1.82, 2.24) is 15.3 Å². The maximum Gasteiger partial charge on any atom is 0.407 e. The SMILES string of the molecule is CC(C)(C)OC(=O)NC[C@@H]1CCCCN1c1ncc(F)cn1. The van der Waals surface area contributed by atoms with Crippen LogP contribution < -0.4 is 10.2 Å². The van der Waals surface area contributed by atoms with Gasteiger partial charge < -0.3 is 15.0 Å². The summed E-state index contributed by atoms with van der Waals surface area (Å²) in [7, 11) is 0. The first-order valence-electron chi connectivity index (χ1n) is 7.56. The van der Waals surface area contributed by atoms with Crippen molar-refractivity contribution in [3.63, 3.8) is 0 Å². The Balaban J connectivity index is 1.95. The lowest BCUT2D eigenvalue weighted by molar-refractivity contribution is 0.0522. The lowest BCUT2D eigenvalue weighted by atomic mass is 10.0. The van der Waals surface area contributed by atoms with E-state index in [4.69, 9.17) is 4.74 Å². The fraction of sp³-hybridized carbons (Fsp3) is 0.667. The van der Waals surface area contributed by atoms with Crippen molar-refractivity contribution in [2.75, 3.05) is 18.0 Å². The molecule has 0 radical (unpaired) electrons. The molecule has 0 spiro atoms. The first-order valence-corrected chi connectivity index (χ1v) is 7.56. The van der Waals surface area contributed by atoms with Gasteiger partial charge in [0.15, 0.2) is 5.82 Å². The summed E-state index contributed by atoms with van der Waals surface area (Å²) in [4.78, 5) is 21.8. The average Bonchev–Trinajstić information content (AvgIpc) is 2.45.